The standard InChI is InChI=1S/C23H25ClN6O2/c1-13-29-22(30-32-13)20-17-10-26-18(21(31)19(17)27-12-28-20)14-5-7-23(11-25,8-6-14)15-3-2-4-16(24)9-15/h2-4,9,12,14,18,26H,5-8,10-11,25H2,1H3. The molecule has 2 aromatic heterocycles. The van der Waals surface area contributed by atoms with E-state index >= 15 is 0 Å². The number of benzene rings is 1. The largest absolute Gasteiger partial charge is 0.339 e. The lowest BCUT2D eigenvalue weighted by Gasteiger charge is -2.42. The fourth-order valence-corrected chi connectivity index (χ4v) is 5.36. The molecular weight excluding hydrogens is 428 g/mol. The van der Waals surface area contributed by atoms with Gasteiger partial charge in [-0.05, 0) is 49.3 Å². The fourth-order valence-electron chi connectivity index (χ4n) is 5.17. The summed E-state index contributed by atoms with van der Waals surface area (Å²) in [5.41, 5.74) is 9.05. The highest BCUT2D eigenvalue weighted by Crippen LogP contribution is 2.43. The number of carbonyl (C=O) groups is 1. The van der Waals surface area contributed by atoms with Gasteiger partial charge in [0.15, 0.2) is 5.78 Å². The summed E-state index contributed by atoms with van der Waals surface area (Å²) in [4.78, 5) is 26.3. The Bertz CT molecular complexity index is 1150. The van der Waals surface area contributed by atoms with E-state index < -0.39 is 0 Å². The minimum atomic E-state index is -0.271. The van der Waals surface area contributed by atoms with Crippen LogP contribution < -0.4 is 11.1 Å². The summed E-state index contributed by atoms with van der Waals surface area (Å²) in [7, 11) is 0. The molecule has 9 heteroatoms. The zero-order valence-electron chi connectivity index (χ0n) is 17.8. The number of Topliss-reactive ketones (excluding diaryl/α,β-unsaturated/α-hetero) is 1. The highest BCUT2D eigenvalue weighted by atomic mass is 35.5. The van der Waals surface area contributed by atoms with Gasteiger partial charge in [-0.3, -0.25) is 4.79 Å². The van der Waals surface area contributed by atoms with Gasteiger partial charge < -0.3 is 15.6 Å². The zero-order chi connectivity index (χ0) is 22.3. The average Bonchev–Trinajstić information content (AvgIpc) is 3.25. The molecule has 1 aliphatic carbocycles. The Morgan fingerprint density at radius 3 is 2.72 bits per heavy atom. The number of rotatable bonds is 4. The summed E-state index contributed by atoms with van der Waals surface area (Å²) in [6.07, 6.45) is 5.06. The Kier molecular flexibility index (Phi) is 5.53. The van der Waals surface area contributed by atoms with E-state index in [1.54, 1.807) is 6.92 Å². The van der Waals surface area contributed by atoms with Gasteiger partial charge in [-0.15, -0.1) is 0 Å². The van der Waals surface area contributed by atoms with Gasteiger partial charge in [-0.25, -0.2) is 9.97 Å². The van der Waals surface area contributed by atoms with Gasteiger partial charge in [0.05, 0.1) is 6.04 Å². The second kappa shape index (κ2) is 8.35. The van der Waals surface area contributed by atoms with Crippen molar-refractivity contribution in [3.63, 3.8) is 0 Å². The predicted octanol–water partition coefficient (Wildman–Crippen LogP) is 3.23. The average molecular weight is 453 g/mol. The molecule has 0 amide bonds. The fraction of sp³-hybridized carbons (Fsp3) is 0.435. The molecule has 1 aliphatic heterocycles. The summed E-state index contributed by atoms with van der Waals surface area (Å²) in [6, 6.07) is 7.72. The van der Waals surface area contributed by atoms with Crippen LogP contribution in [0.1, 0.15) is 53.2 Å². The van der Waals surface area contributed by atoms with Crippen molar-refractivity contribution >= 4 is 17.4 Å². The van der Waals surface area contributed by atoms with Crippen molar-refractivity contribution in [2.24, 2.45) is 11.7 Å². The molecule has 0 spiro atoms. The van der Waals surface area contributed by atoms with Gasteiger partial charge >= 0.3 is 0 Å². The molecule has 0 saturated heterocycles. The number of fused-ring (bicyclic) bond motifs is 1. The number of hydrogen-bond acceptors (Lipinski definition) is 8. The molecule has 1 aromatic carbocycles. The quantitative estimate of drug-likeness (QED) is 0.619. The third-order valence-electron chi connectivity index (χ3n) is 6.99. The maximum atomic E-state index is 13.4. The van der Waals surface area contributed by atoms with Crippen molar-refractivity contribution < 1.29 is 9.32 Å². The molecular formula is C23H25ClN6O2. The first-order chi connectivity index (χ1) is 15.5. The maximum Gasteiger partial charge on any atom is 0.223 e. The molecule has 32 heavy (non-hydrogen) atoms. The first-order valence-electron chi connectivity index (χ1n) is 10.9. The maximum absolute atomic E-state index is 13.4. The number of hydrogen-bond donors (Lipinski definition) is 2. The number of carbonyl (C=O) groups excluding carboxylic acids is 1. The topological polar surface area (TPSA) is 120 Å². The minimum Gasteiger partial charge on any atom is -0.339 e. The van der Waals surface area contributed by atoms with Crippen LogP contribution in [0.15, 0.2) is 35.1 Å². The zero-order valence-corrected chi connectivity index (χ0v) is 18.6. The lowest BCUT2D eigenvalue weighted by atomic mass is 9.64. The molecule has 1 fully saturated rings. The Morgan fingerprint density at radius 1 is 1.25 bits per heavy atom. The van der Waals surface area contributed by atoms with Crippen LogP contribution in [-0.2, 0) is 12.0 Å². The van der Waals surface area contributed by atoms with E-state index in [9.17, 15) is 4.79 Å². The summed E-state index contributed by atoms with van der Waals surface area (Å²) < 4.78 is 5.08. The van der Waals surface area contributed by atoms with Crippen LogP contribution in [-0.4, -0.2) is 38.5 Å². The van der Waals surface area contributed by atoms with E-state index in [0.29, 0.717) is 36.2 Å². The highest BCUT2D eigenvalue weighted by molar-refractivity contribution is 6.30. The third kappa shape index (κ3) is 3.62. The third-order valence-corrected chi connectivity index (χ3v) is 7.22. The van der Waals surface area contributed by atoms with Crippen LogP contribution in [0.4, 0.5) is 0 Å². The van der Waals surface area contributed by atoms with E-state index in [1.807, 2.05) is 18.2 Å². The molecule has 2 aliphatic rings. The van der Waals surface area contributed by atoms with Crippen molar-refractivity contribution in [1.29, 1.82) is 0 Å². The predicted molar refractivity (Wildman–Crippen MR) is 119 cm³/mol. The van der Waals surface area contributed by atoms with Crippen molar-refractivity contribution in [3.05, 3.63) is 58.3 Å². The number of halogens is 1. The van der Waals surface area contributed by atoms with Crippen LogP contribution in [0.25, 0.3) is 11.5 Å². The molecule has 5 rings (SSSR count). The summed E-state index contributed by atoms with van der Waals surface area (Å²) in [6.45, 7) is 2.77. The Balaban J connectivity index is 1.36. The number of nitrogens with two attached hydrogens (primary N) is 1. The SMILES string of the molecule is Cc1nc(-c2ncnc3c2CNC(C2CCC(CN)(c4cccc(Cl)c4)CC2)C3=O)no1. The van der Waals surface area contributed by atoms with E-state index in [1.165, 1.54) is 11.9 Å². The van der Waals surface area contributed by atoms with Gasteiger partial charge in [0.1, 0.15) is 17.7 Å². The molecule has 0 radical (unpaired) electrons. The molecule has 166 valence electrons. The summed E-state index contributed by atoms with van der Waals surface area (Å²) >= 11 is 6.24. The van der Waals surface area contributed by atoms with Gasteiger partial charge in [-0.1, -0.05) is 28.9 Å². The Hall–Kier alpha value is -2.68. The van der Waals surface area contributed by atoms with E-state index in [0.717, 1.165) is 36.3 Å². The number of nitrogens with one attached hydrogen (secondary N) is 1. The van der Waals surface area contributed by atoms with Crippen molar-refractivity contribution in [2.45, 2.75) is 50.6 Å². The Morgan fingerprint density at radius 2 is 2.03 bits per heavy atom. The molecule has 1 saturated carbocycles. The van der Waals surface area contributed by atoms with Crippen molar-refractivity contribution in [2.75, 3.05) is 6.54 Å². The van der Waals surface area contributed by atoms with Crippen LogP contribution >= 0.6 is 11.6 Å². The van der Waals surface area contributed by atoms with Crippen LogP contribution in [0.2, 0.25) is 5.02 Å². The van der Waals surface area contributed by atoms with Gasteiger partial charge in [-0.2, -0.15) is 4.98 Å². The number of nitrogens with zero attached hydrogens (tertiary/aromatic N) is 4. The summed E-state index contributed by atoms with van der Waals surface area (Å²) in [5, 5.41) is 8.12. The van der Waals surface area contributed by atoms with Crippen LogP contribution in [0.5, 0.6) is 0 Å². The lowest BCUT2D eigenvalue weighted by molar-refractivity contribution is 0.0841. The van der Waals surface area contributed by atoms with E-state index in [-0.39, 0.29) is 23.2 Å². The molecule has 8 nitrogen and oxygen atoms in total. The highest BCUT2D eigenvalue weighted by Gasteiger charge is 2.42. The van der Waals surface area contributed by atoms with Gasteiger partial charge in [0.25, 0.3) is 0 Å². The van der Waals surface area contributed by atoms with E-state index in [2.05, 4.69) is 31.5 Å². The van der Waals surface area contributed by atoms with Gasteiger partial charge in [0, 0.05) is 36.0 Å². The molecule has 1 unspecified atom stereocenters. The van der Waals surface area contributed by atoms with Crippen LogP contribution in [0, 0.1) is 12.8 Å². The second-order valence-corrected chi connectivity index (χ2v) is 9.18. The first-order valence-corrected chi connectivity index (χ1v) is 11.3. The van der Waals surface area contributed by atoms with Crippen molar-refractivity contribution in [1.82, 2.24) is 25.4 Å². The Labute approximate surface area is 191 Å². The molecule has 1 atom stereocenters. The number of aromatic nitrogens is 4. The molecule has 0 bridgehead atoms. The van der Waals surface area contributed by atoms with Crippen molar-refractivity contribution in [3.8, 4) is 11.5 Å². The first kappa shape index (κ1) is 21.2. The number of ketones is 1. The molecule has 3 aromatic rings. The number of aryl methyl sites for hydroxylation is 1. The van der Waals surface area contributed by atoms with E-state index in [4.69, 9.17) is 21.9 Å². The normalized spacial score (nSPS) is 25.5. The van der Waals surface area contributed by atoms with Gasteiger partial charge in [0.2, 0.25) is 11.7 Å². The second-order valence-electron chi connectivity index (χ2n) is 8.74. The van der Waals surface area contributed by atoms with Crippen LogP contribution in [0.3, 0.4) is 0 Å². The lowest BCUT2D eigenvalue weighted by Crippen LogP contribution is -2.50. The molecule has 3 heterocycles. The molecule has 3 N–H and O–H groups in total. The summed E-state index contributed by atoms with van der Waals surface area (Å²) in [5.74, 6) is 1.05. The monoisotopic (exact) mass is 452 g/mol. The minimum absolute atomic E-state index is 0.00289. The smallest absolute Gasteiger partial charge is 0.223 e.